The third kappa shape index (κ3) is 3.99. The fourth-order valence-electron chi connectivity index (χ4n) is 2.45. The molecule has 5 heteroatoms. The van der Waals surface area contributed by atoms with Crippen LogP contribution in [0.3, 0.4) is 0 Å². The van der Waals surface area contributed by atoms with E-state index in [4.69, 9.17) is 4.42 Å². The van der Waals surface area contributed by atoms with Gasteiger partial charge in [0.1, 0.15) is 5.76 Å². The first-order valence-corrected chi connectivity index (χ1v) is 8.35. The van der Waals surface area contributed by atoms with Crippen molar-refractivity contribution in [3.63, 3.8) is 0 Å². The van der Waals surface area contributed by atoms with Crippen molar-refractivity contribution in [3.05, 3.63) is 52.4 Å². The number of nitrogens with one attached hydrogen (secondary N) is 2. The predicted molar refractivity (Wildman–Crippen MR) is 89.4 cm³/mol. The maximum atomic E-state index is 12.0. The van der Waals surface area contributed by atoms with Crippen molar-refractivity contribution in [1.29, 1.82) is 0 Å². The number of benzene rings is 1. The highest BCUT2D eigenvalue weighted by Gasteiger charge is 2.25. The van der Waals surface area contributed by atoms with Gasteiger partial charge in [0.2, 0.25) is 5.91 Å². The minimum Gasteiger partial charge on any atom is -0.453 e. The number of carbonyl (C=O) groups is 1. The Labute approximate surface area is 138 Å². The molecule has 1 amide bonds. The van der Waals surface area contributed by atoms with Crippen molar-refractivity contribution in [3.8, 4) is 0 Å². The van der Waals surface area contributed by atoms with Crippen LogP contribution in [0.2, 0.25) is 0 Å². The third-order valence-electron chi connectivity index (χ3n) is 3.93. The highest BCUT2D eigenvalue weighted by molar-refractivity contribution is 9.10. The Morgan fingerprint density at radius 3 is 2.77 bits per heavy atom. The van der Waals surface area contributed by atoms with Gasteiger partial charge >= 0.3 is 0 Å². The number of rotatable bonds is 6. The van der Waals surface area contributed by atoms with Crippen molar-refractivity contribution in [2.24, 2.45) is 5.92 Å². The molecule has 1 heterocycles. The summed E-state index contributed by atoms with van der Waals surface area (Å²) in [6, 6.07) is 11.8. The Morgan fingerprint density at radius 1 is 1.23 bits per heavy atom. The lowest BCUT2D eigenvalue weighted by atomic mass is 9.85. The summed E-state index contributed by atoms with van der Waals surface area (Å²) in [6.07, 6.45) is 3.21. The molecular formula is C17H19BrN2O2. The van der Waals surface area contributed by atoms with Crippen molar-refractivity contribution in [2.45, 2.75) is 32.4 Å². The van der Waals surface area contributed by atoms with Gasteiger partial charge in [0.25, 0.3) is 0 Å². The van der Waals surface area contributed by atoms with Crippen LogP contribution in [-0.2, 0) is 17.9 Å². The largest absolute Gasteiger partial charge is 0.453 e. The van der Waals surface area contributed by atoms with Gasteiger partial charge in [0, 0.05) is 18.2 Å². The summed E-state index contributed by atoms with van der Waals surface area (Å²) in [5, 5.41) is 6.33. The highest BCUT2D eigenvalue weighted by atomic mass is 79.9. The first-order chi connectivity index (χ1) is 10.7. The van der Waals surface area contributed by atoms with Gasteiger partial charge < -0.3 is 15.1 Å². The zero-order chi connectivity index (χ0) is 15.4. The summed E-state index contributed by atoms with van der Waals surface area (Å²) in [7, 11) is 0. The number of hydrogen-bond acceptors (Lipinski definition) is 3. The molecule has 2 aromatic rings. The molecule has 0 saturated heterocycles. The summed E-state index contributed by atoms with van der Waals surface area (Å²) in [5.41, 5.74) is 2.01. The monoisotopic (exact) mass is 362 g/mol. The average Bonchev–Trinajstić information content (AvgIpc) is 2.83. The van der Waals surface area contributed by atoms with Crippen LogP contribution in [0, 0.1) is 5.92 Å². The number of furan rings is 1. The van der Waals surface area contributed by atoms with Crippen LogP contribution < -0.4 is 10.6 Å². The van der Waals surface area contributed by atoms with Gasteiger partial charge in [-0.3, -0.25) is 4.79 Å². The van der Waals surface area contributed by atoms with Crippen LogP contribution >= 0.6 is 15.9 Å². The van der Waals surface area contributed by atoms with E-state index < -0.39 is 0 Å². The zero-order valence-electron chi connectivity index (χ0n) is 12.3. The van der Waals surface area contributed by atoms with Crippen molar-refractivity contribution >= 4 is 27.5 Å². The van der Waals surface area contributed by atoms with E-state index >= 15 is 0 Å². The molecular weight excluding hydrogens is 344 g/mol. The minimum absolute atomic E-state index is 0.150. The van der Waals surface area contributed by atoms with Crippen molar-refractivity contribution in [2.75, 3.05) is 5.32 Å². The normalized spacial score (nSPS) is 14.6. The van der Waals surface area contributed by atoms with Gasteiger partial charge in [-0.15, -0.1) is 0 Å². The van der Waals surface area contributed by atoms with E-state index in [-0.39, 0.29) is 11.8 Å². The molecule has 3 rings (SSSR count). The molecule has 1 aliphatic rings. The number of anilines is 1. The molecule has 1 saturated carbocycles. The van der Waals surface area contributed by atoms with Crippen LogP contribution in [-0.4, -0.2) is 5.91 Å². The molecule has 1 fully saturated rings. The summed E-state index contributed by atoms with van der Waals surface area (Å²) in [4.78, 5) is 12.0. The molecule has 0 radical (unpaired) electrons. The number of hydrogen-bond donors (Lipinski definition) is 2. The molecule has 4 nitrogen and oxygen atoms in total. The standard InChI is InChI=1S/C17H19BrN2O2/c18-16-8-7-15(22-16)11-19-10-12-3-1-6-14(9-12)20-17(21)13-4-2-5-13/h1,3,6-9,13,19H,2,4-5,10-11H2,(H,20,21). The quantitative estimate of drug-likeness (QED) is 0.814. The molecule has 1 aromatic heterocycles. The van der Waals surface area contributed by atoms with Crippen LogP contribution in [0.1, 0.15) is 30.6 Å². The van der Waals surface area contributed by atoms with E-state index in [0.717, 1.165) is 41.1 Å². The number of amides is 1. The molecule has 0 atom stereocenters. The fraction of sp³-hybridized carbons (Fsp3) is 0.353. The van der Waals surface area contributed by atoms with Crippen LogP contribution in [0.4, 0.5) is 5.69 Å². The molecule has 2 N–H and O–H groups in total. The Bertz CT molecular complexity index is 650. The van der Waals surface area contributed by atoms with E-state index in [0.29, 0.717) is 6.54 Å². The van der Waals surface area contributed by atoms with Crippen molar-refractivity contribution < 1.29 is 9.21 Å². The Morgan fingerprint density at radius 2 is 2.09 bits per heavy atom. The molecule has 1 aliphatic carbocycles. The smallest absolute Gasteiger partial charge is 0.227 e. The topological polar surface area (TPSA) is 54.3 Å². The molecule has 116 valence electrons. The van der Waals surface area contributed by atoms with Crippen molar-refractivity contribution in [1.82, 2.24) is 5.32 Å². The molecule has 0 aliphatic heterocycles. The van der Waals surface area contributed by atoms with E-state index in [1.165, 1.54) is 6.42 Å². The second-order valence-electron chi connectivity index (χ2n) is 5.63. The summed E-state index contributed by atoms with van der Waals surface area (Å²) in [6.45, 7) is 1.40. The molecule has 0 bridgehead atoms. The first kappa shape index (κ1) is 15.3. The minimum atomic E-state index is 0.150. The fourth-order valence-corrected chi connectivity index (χ4v) is 2.79. The van der Waals surface area contributed by atoms with Crippen LogP contribution in [0.25, 0.3) is 0 Å². The Hall–Kier alpha value is -1.59. The average molecular weight is 363 g/mol. The molecule has 0 spiro atoms. The lowest BCUT2D eigenvalue weighted by Gasteiger charge is -2.24. The maximum Gasteiger partial charge on any atom is 0.227 e. The van der Waals surface area contributed by atoms with Gasteiger partial charge in [0.05, 0.1) is 6.54 Å². The van der Waals surface area contributed by atoms with Crippen LogP contribution in [0.15, 0.2) is 45.5 Å². The Balaban J connectivity index is 1.51. The maximum absolute atomic E-state index is 12.0. The lowest BCUT2D eigenvalue weighted by molar-refractivity contribution is -0.122. The van der Waals surface area contributed by atoms with Gasteiger partial charge in [0.15, 0.2) is 4.67 Å². The van der Waals surface area contributed by atoms with Gasteiger partial charge in [-0.05, 0) is 58.6 Å². The van der Waals surface area contributed by atoms with E-state index in [2.05, 4.69) is 26.6 Å². The van der Waals surface area contributed by atoms with Gasteiger partial charge in [-0.25, -0.2) is 0 Å². The van der Waals surface area contributed by atoms with Gasteiger partial charge in [-0.1, -0.05) is 18.6 Å². The third-order valence-corrected chi connectivity index (χ3v) is 4.35. The van der Waals surface area contributed by atoms with E-state index in [1.807, 2.05) is 36.4 Å². The highest BCUT2D eigenvalue weighted by Crippen LogP contribution is 2.27. The van der Waals surface area contributed by atoms with E-state index in [9.17, 15) is 4.79 Å². The number of carbonyl (C=O) groups excluding carboxylic acids is 1. The SMILES string of the molecule is O=C(Nc1cccc(CNCc2ccc(Br)o2)c1)C1CCC1. The Kier molecular flexibility index (Phi) is 4.95. The molecule has 0 unspecified atom stereocenters. The van der Waals surface area contributed by atoms with E-state index in [1.54, 1.807) is 0 Å². The second kappa shape index (κ2) is 7.11. The lowest BCUT2D eigenvalue weighted by Crippen LogP contribution is -2.28. The second-order valence-corrected chi connectivity index (χ2v) is 6.41. The summed E-state index contributed by atoms with van der Waals surface area (Å²) in [5.74, 6) is 1.25. The van der Waals surface area contributed by atoms with Gasteiger partial charge in [-0.2, -0.15) is 0 Å². The number of halogens is 1. The molecule has 1 aromatic carbocycles. The molecule has 22 heavy (non-hydrogen) atoms. The predicted octanol–water partition coefficient (Wildman–Crippen LogP) is 4.07. The van der Waals surface area contributed by atoms with Crippen LogP contribution in [0.5, 0.6) is 0 Å². The first-order valence-electron chi connectivity index (χ1n) is 7.55. The summed E-state index contributed by atoms with van der Waals surface area (Å²) < 4.78 is 6.18. The summed E-state index contributed by atoms with van der Waals surface area (Å²) >= 11 is 3.29. The zero-order valence-corrected chi connectivity index (χ0v) is 13.9.